The Hall–Kier alpha value is -0.300. The van der Waals surface area contributed by atoms with E-state index in [-0.39, 0.29) is 6.10 Å². The summed E-state index contributed by atoms with van der Waals surface area (Å²) in [6, 6.07) is 0. The fourth-order valence-electron chi connectivity index (χ4n) is 2.11. The molecule has 1 saturated carbocycles. The minimum absolute atomic E-state index is 0.132. The van der Waals surface area contributed by atoms with E-state index in [2.05, 4.69) is 6.08 Å². The second-order valence-corrected chi connectivity index (χ2v) is 3.55. The zero-order valence-corrected chi connectivity index (χ0v) is 6.16. The number of allylic oxidation sites excluding steroid dienone is 1. The van der Waals surface area contributed by atoms with Gasteiger partial charge in [-0.05, 0) is 37.5 Å². The van der Waals surface area contributed by atoms with Gasteiger partial charge in [0.05, 0.1) is 6.10 Å². The molecule has 0 amide bonds. The van der Waals surface area contributed by atoms with Gasteiger partial charge in [-0.1, -0.05) is 12.2 Å². The van der Waals surface area contributed by atoms with Crippen molar-refractivity contribution in [2.45, 2.75) is 31.8 Å². The maximum absolute atomic E-state index is 9.49. The van der Waals surface area contributed by atoms with Gasteiger partial charge in [-0.2, -0.15) is 0 Å². The van der Waals surface area contributed by atoms with E-state index in [0.29, 0.717) is 5.92 Å². The van der Waals surface area contributed by atoms with Gasteiger partial charge in [0.15, 0.2) is 0 Å². The van der Waals surface area contributed by atoms with Gasteiger partial charge in [-0.25, -0.2) is 0 Å². The third-order valence-corrected chi connectivity index (χ3v) is 2.88. The van der Waals surface area contributed by atoms with Crippen LogP contribution in [0.5, 0.6) is 0 Å². The number of rotatable bonds is 0. The van der Waals surface area contributed by atoms with Crippen LogP contribution < -0.4 is 0 Å². The molecule has 0 radical (unpaired) electrons. The lowest BCUT2D eigenvalue weighted by Crippen LogP contribution is -2.19. The largest absolute Gasteiger partial charge is 0.389 e. The molecule has 10 heavy (non-hydrogen) atoms. The quantitative estimate of drug-likeness (QED) is 0.505. The summed E-state index contributed by atoms with van der Waals surface area (Å²) in [5, 5.41) is 9.49. The molecule has 1 fully saturated rings. The second kappa shape index (κ2) is 2.39. The highest BCUT2D eigenvalue weighted by molar-refractivity contribution is 5.02. The average Bonchev–Trinajstić information content (AvgIpc) is 2.24. The Balaban J connectivity index is 2.17. The van der Waals surface area contributed by atoms with Gasteiger partial charge in [-0.15, -0.1) is 0 Å². The molecule has 3 rings (SSSR count). The Morgan fingerprint density at radius 2 is 1.70 bits per heavy atom. The van der Waals surface area contributed by atoms with Gasteiger partial charge < -0.3 is 5.11 Å². The van der Waals surface area contributed by atoms with Crippen molar-refractivity contribution in [2.75, 3.05) is 0 Å². The smallest absolute Gasteiger partial charge is 0.0749 e. The monoisotopic (exact) mass is 138 g/mol. The Labute approximate surface area is 61.8 Å². The van der Waals surface area contributed by atoms with E-state index in [0.717, 1.165) is 5.92 Å². The molecule has 1 nitrogen and oxygen atoms in total. The highest BCUT2D eigenvalue weighted by atomic mass is 16.3. The first-order chi connectivity index (χ1) is 4.86. The van der Waals surface area contributed by atoms with Crippen LogP contribution in [0.2, 0.25) is 0 Å². The first kappa shape index (κ1) is 6.41. The normalized spacial score (nSPS) is 45.5. The molecule has 0 aromatic carbocycles. The van der Waals surface area contributed by atoms with Crippen LogP contribution in [0.4, 0.5) is 0 Å². The van der Waals surface area contributed by atoms with Crippen molar-refractivity contribution in [1.29, 1.82) is 0 Å². The van der Waals surface area contributed by atoms with Gasteiger partial charge in [0.2, 0.25) is 0 Å². The molecule has 0 aliphatic heterocycles. The predicted molar refractivity (Wildman–Crippen MR) is 40.6 cm³/mol. The fraction of sp³-hybridized carbons (Fsp3) is 0.778. The van der Waals surface area contributed by atoms with E-state index in [4.69, 9.17) is 0 Å². The van der Waals surface area contributed by atoms with Crippen LogP contribution in [-0.2, 0) is 0 Å². The van der Waals surface area contributed by atoms with Crippen LogP contribution in [-0.4, -0.2) is 11.2 Å². The van der Waals surface area contributed by atoms with E-state index in [1.807, 2.05) is 6.08 Å². The van der Waals surface area contributed by atoms with Crippen molar-refractivity contribution >= 4 is 0 Å². The molecule has 1 unspecified atom stereocenters. The Kier molecular flexibility index (Phi) is 1.53. The molecule has 0 spiro atoms. The van der Waals surface area contributed by atoms with Crippen LogP contribution in [0.1, 0.15) is 25.7 Å². The summed E-state index contributed by atoms with van der Waals surface area (Å²) >= 11 is 0. The zero-order valence-electron chi connectivity index (χ0n) is 6.16. The molecule has 2 bridgehead atoms. The molecule has 0 aromatic heterocycles. The minimum Gasteiger partial charge on any atom is -0.389 e. The molecule has 56 valence electrons. The highest BCUT2D eigenvalue weighted by Crippen LogP contribution is 2.35. The maximum Gasteiger partial charge on any atom is 0.0749 e. The minimum atomic E-state index is -0.132. The number of aliphatic hydroxyl groups is 1. The summed E-state index contributed by atoms with van der Waals surface area (Å²) in [5.74, 6) is 1.36. The summed E-state index contributed by atoms with van der Waals surface area (Å²) in [5.41, 5.74) is 0. The SMILES string of the molecule is OC1C=CC2CCC1CC2. The number of fused-ring (bicyclic) bond motifs is 3. The van der Waals surface area contributed by atoms with E-state index in [1.54, 1.807) is 0 Å². The van der Waals surface area contributed by atoms with Crippen molar-refractivity contribution in [3.63, 3.8) is 0 Å². The Morgan fingerprint density at radius 1 is 1.00 bits per heavy atom. The molecular weight excluding hydrogens is 124 g/mol. The third kappa shape index (κ3) is 0.988. The van der Waals surface area contributed by atoms with Crippen molar-refractivity contribution < 1.29 is 5.11 Å². The lowest BCUT2D eigenvalue weighted by Gasteiger charge is -2.24. The molecule has 0 saturated heterocycles. The van der Waals surface area contributed by atoms with Gasteiger partial charge in [-0.3, -0.25) is 0 Å². The fourth-order valence-corrected chi connectivity index (χ4v) is 2.11. The zero-order chi connectivity index (χ0) is 6.97. The van der Waals surface area contributed by atoms with E-state index >= 15 is 0 Å². The van der Waals surface area contributed by atoms with E-state index in [9.17, 15) is 5.11 Å². The van der Waals surface area contributed by atoms with Crippen LogP contribution in [0.25, 0.3) is 0 Å². The molecule has 1 heteroatoms. The first-order valence-electron chi connectivity index (χ1n) is 4.22. The Bertz CT molecular complexity index is 143. The summed E-state index contributed by atoms with van der Waals surface area (Å²) in [7, 11) is 0. The van der Waals surface area contributed by atoms with Crippen LogP contribution >= 0.6 is 0 Å². The van der Waals surface area contributed by atoms with Crippen molar-refractivity contribution in [3.8, 4) is 0 Å². The van der Waals surface area contributed by atoms with Gasteiger partial charge >= 0.3 is 0 Å². The molecule has 1 N–H and O–H groups in total. The standard InChI is InChI=1S/C9H14O/c10-9-6-3-7-1-4-8(9)5-2-7/h3,6-10H,1-2,4-5H2. The number of hydrogen-bond donors (Lipinski definition) is 1. The highest BCUT2D eigenvalue weighted by Gasteiger charge is 2.26. The second-order valence-electron chi connectivity index (χ2n) is 3.55. The topological polar surface area (TPSA) is 20.2 Å². The first-order valence-corrected chi connectivity index (χ1v) is 4.22. The molecule has 0 heterocycles. The van der Waals surface area contributed by atoms with Gasteiger partial charge in [0.25, 0.3) is 0 Å². The lowest BCUT2D eigenvalue weighted by atomic mass is 9.83. The molecule has 1 atom stereocenters. The number of hydrogen-bond acceptors (Lipinski definition) is 1. The predicted octanol–water partition coefficient (Wildman–Crippen LogP) is 1.72. The Morgan fingerprint density at radius 3 is 2.40 bits per heavy atom. The summed E-state index contributed by atoms with van der Waals surface area (Å²) in [6.07, 6.45) is 9.15. The van der Waals surface area contributed by atoms with E-state index < -0.39 is 0 Å². The van der Waals surface area contributed by atoms with Crippen molar-refractivity contribution in [2.24, 2.45) is 11.8 Å². The molecule has 0 aromatic rings. The summed E-state index contributed by atoms with van der Waals surface area (Å²) < 4.78 is 0. The number of aliphatic hydroxyl groups excluding tert-OH is 1. The van der Waals surface area contributed by atoms with Crippen LogP contribution in [0.3, 0.4) is 0 Å². The van der Waals surface area contributed by atoms with E-state index in [1.165, 1.54) is 25.7 Å². The third-order valence-electron chi connectivity index (χ3n) is 2.88. The van der Waals surface area contributed by atoms with Crippen molar-refractivity contribution in [1.82, 2.24) is 0 Å². The van der Waals surface area contributed by atoms with Gasteiger partial charge in [0, 0.05) is 0 Å². The molecule has 3 aliphatic rings. The maximum atomic E-state index is 9.49. The molecular formula is C9H14O. The van der Waals surface area contributed by atoms with Crippen molar-refractivity contribution in [3.05, 3.63) is 12.2 Å². The van der Waals surface area contributed by atoms with Gasteiger partial charge in [0.1, 0.15) is 0 Å². The summed E-state index contributed by atoms with van der Waals surface area (Å²) in [6.45, 7) is 0. The average molecular weight is 138 g/mol. The van der Waals surface area contributed by atoms with Crippen LogP contribution in [0.15, 0.2) is 12.2 Å². The lowest BCUT2D eigenvalue weighted by molar-refractivity contribution is 0.126. The molecule has 3 aliphatic carbocycles. The summed E-state index contributed by atoms with van der Waals surface area (Å²) in [4.78, 5) is 0. The van der Waals surface area contributed by atoms with Crippen LogP contribution in [0, 0.1) is 11.8 Å².